The lowest BCUT2D eigenvalue weighted by Gasteiger charge is -2.10. The number of non-ortho nitro benzene ring substituents is 1. The number of anilines is 2. The Labute approximate surface area is 313 Å². The van der Waals surface area contributed by atoms with Crippen LogP contribution < -0.4 is 9.50 Å². The molecular weight excluding hydrogens is 777 g/mol. The van der Waals surface area contributed by atoms with Crippen molar-refractivity contribution in [2.45, 2.75) is 21.6 Å². The minimum atomic E-state index is -4.79. The second kappa shape index (κ2) is 15.4. The highest BCUT2D eigenvalue weighted by Crippen LogP contribution is 2.34. The monoisotopic (exact) mass is 802 g/mol. The zero-order valence-corrected chi connectivity index (χ0v) is 30.6. The summed E-state index contributed by atoms with van der Waals surface area (Å²) in [6.45, 7) is 1.82. The molecule has 0 aromatic heterocycles. The van der Waals surface area contributed by atoms with Crippen LogP contribution in [0, 0.1) is 17.0 Å². The largest absolute Gasteiger partial charge is 0.379 e. The second-order valence-electron chi connectivity index (χ2n) is 11.5. The second-order valence-corrected chi connectivity index (χ2v) is 15.9. The number of nitro groups is 1. The van der Waals surface area contributed by atoms with Crippen molar-refractivity contribution in [3.63, 3.8) is 0 Å². The zero-order valence-electron chi connectivity index (χ0n) is 28.1. The Morgan fingerprint density at radius 1 is 0.673 bits per heavy atom. The Kier molecular flexibility index (Phi) is 10.7. The lowest BCUT2D eigenvalue weighted by atomic mass is 10.1. The van der Waals surface area contributed by atoms with E-state index in [1.54, 1.807) is 36.4 Å². The van der Waals surface area contributed by atoms with Crippen molar-refractivity contribution in [2.24, 2.45) is 20.6 Å². The van der Waals surface area contributed by atoms with E-state index in [-0.39, 0.29) is 32.3 Å². The van der Waals surface area contributed by atoms with Crippen molar-refractivity contribution in [3.8, 4) is 5.75 Å². The molecule has 55 heavy (non-hydrogen) atoms. The van der Waals surface area contributed by atoms with E-state index in [0.29, 0.717) is 22.4 Å². The third-order valence-electron chi connectivity index (χ3n) is 7.64. The lowest BCUT2D eigenvalue weighted by molar-refractivity contribution is -0.385. The summed E-state index contributed by atoms with van der Waals surface area (Å²) in [6.07, 6.45) is 0. The molecule has 0 spiro atoms. The first-order chi connectivity index (χ1) is 26.1. The van der Waals surface area contributed by atoms with Gasteiger partial charge in [-0.3, -0.25) is 14.7 Å². The van der Waals surface area contributed by atoms with Crippen molar-refractivity contribution >= 4 is 75.3 Å². The predicted molar refractivity (Wildman–Crippen MR) is 199 cm³/mol. The first-order valence-corrected chi connectivity index (χ1v) is 19.9. The fourth-order valence-electron chi connectivity index (χ4n) is 4.98. The quantitative estimate of drug-likeness (QED) is 0.0366. The molecule has 0 bridgehead atoms. The summed E-state index contributed by atoms with van der Waals surface area (Å²) in [4.78, 5) is 9.36. The van der Waals surface area contributed by atoms with Crippen LogP contribution in [0.25, 0.3) is 10.8 Å². The maximum atomic E-state index is 13.2. The number of nitro benzene ring substituents is 1. The molecule has 6 rings (SSSR count). The molecule has 0 radical (unpaired) electrons. The summed E-state index contributed by atoms with van der Waals surface area (Å²) < 4.78 is 94.7. The maximum Gasteiger partial charge on any atom is 0.360 e. The fraction of sp³-hybridized carbons (Fsp3) is 0.0286. The Balaban J connectivity index is 1.14. The molecule has 0 amide bonds. The van der Waals surface area contributed by atoms with Crippen LogP contribution in [0.3, 0.4) is 0 Å². The topological polar surface area (TPSA) is 246 Å². The Morgan fingerprint density at radius 3 is 1.96 bits per heavy atom. The van der Waals surface area contributed by atoms with E-state index in [9.17, 15) is 39.9 Å². The van der Waals surface area contributed by atoms with Crippen LogP contribution in [0.15, 0.2) is 163 Å². The first-order valence-electron chi connectivity index (χ1n) is 15.6. The predicted octanol–water partition coefficient (Wildman–Crippen LogP) is 8.63. The number of aryl methyl sites for hydroxylation is 1. The van der Waals surface area contributed by atoms with Crippen LogP contribution in [-0.4, -0.2) is 34.7 Å². The van der Waals surface area contributed by atoms with Gasteiger partial charge in [-0.15, -0.1) is 10.2 Å². The van der Waals surface area contributed by atoms with E-state index >= 15 is 0 Å². The Hall–Kier alpha value is -6.61. The molecular formula is C35H26N6O11S3. The van der Waals surface area contributed by atoms with Crippen LogP contribution in [0.5, 0.6) is 5.75 Å². The van der Waals surface area contributed by atoms with Gasteiger partial charge in [0.15, 0.2) is 0 Å². The van der Waals surface area contributed by atoms with Crippen LogP contribution in [-0.2, 0) is 34.6 Å². The molecule has 0 aliphatic rings. The lowest BCUT2D eigenvalue weighted by Crippen LogP contribution is -2.09. The van der Waals surface area contributed by atoms with Gasteiger partial charge in [-0.25, -0.2) is 4.28 Å². The van der Waals surface area contributed by atoms with Gasteiger partial charge in [-0.1, -0.05) is 42.0 Å². The number of hydrogen-bond acceptors (Lipinski definition) is 15. The summed E-state index contributed by atoms with van der Waals surface area (Å²) in [6, 6.07) is 29.8. The highest BCUT2D eigenvalue weighted by molar-refractivity contribution is 7.87. The number of azo groups is 1. The molecule has 17 nitrogen and oxygen atoms in total. The van der Waals surface area contributed by atoms with Gasteiger partial charge in [0.2, 0.25) is 0 Å². The zero-order chi connectivity index (χ0) is 39.4. The SMILES string of the molecule is Cc1ccc(S(=O)(=O)Oc2ccc(N=NOS(=O)(=O)c3ccc(N=Nc4ccc(Nc5ccc([N+](=O)[O-])cc5S(=O)(=O)O)cc4)c4ccccc34)cc2)cc1. The molecule has 2 N–H and O–H groups in total. The van der Waals surface area contributed by atoms with Gasteiger partial charge in [0.1, 0.15) is 20.4 Å². The van der Waals surface area contributed by atoms with Crippen LogP contribution >= 0.6 is 0 Å². The number of fused-ring (bicyclic) bond motifs is 1. The van der Waals surface area contributed by atoms with Gasteiger partial charge in [-0.05, 0) is 85.8 Å². The van der Waals surface area contributed by atoms with Gasteiger partial charge >= 0.3 is 20.2 Å². The van der Waals surface area contributed by atoms with Crippen molar-refractivity contribution < 1.29 is 43.2 Å². The van der Waals surface area contributed by atoms with Crippen LogP contribution in [0.2, 0.25) is 0 Å². The molecule has 0 atom stereocenters. The first kappa shape index (κ1) is 38.1. The summed E-state index contributed by atoms with van der Waals surface area (Å²) in [5.74, 6) is 0.00217. The Morgan fingerprint density at radius 2 is 1.31 bits per heavy atom. The molecule has 0 unspecified atom stereocenters. The van der Waals surface area contributed by atoms with Gasteiger partial charge in [0.05, 0.1) is 27.7 Å². The number of hydrogen-bond donors (Lipinski definition) is 2. The van der Waals surface area contributed by atoms with Gasteiger partial charge in [0.25, 0.3) is 15.8 Å². The standard InChI is InChI=1S/C35H26N6O11S3/c1-23-6-17-29(18-7-23)54(47,48)51-28-15-12-26(13-16-28)38-40-52-55(49,50)34-21-20-32(30-4-2-3-5-31(30)34)39-37-25-10-8-24(9-11-25)36-33-19-14-27(41(42)43)22-35(33)53(44,45)46/h2-22,36H,1H3,(H,44,45,46). The minimum Gasteiger partial charge on any atom is -0.379 e. The van der Waals surface area contributed by atoms with E-state index in [0.717, 1.165) is 23.8 Å². The van der Waals surface area contributed by atoms with Gasteiger partial charge in [-0.2, -0.15) is 30.4 Å². The van der Waals surface area contributed by atoms with E-state index in [1.807, 2.05) is 6.92 Å². The molecule has 280 valence electrons. The molecule has 0 aliphatic carbocycles. The molecule has 0 aliphatic heterocycles. The molecule has 20 heteroatoms. The number of rotatable bonds is 13. The van der Waals surface area contributed by atoms with E-state index in [4.69, 9.17) is 8.47 Å². The third-order valence-corrected chi connectivity index (χ3v) is 11.0. The maximum absolute atomic E-state index is 13.2. The minimum absolute atomic E-state index is 0.00217. The molecule has 6 aromatic rings. The van der Waals surface area contributed by atoms with Gasteiger partial charge < -0.3 is 9.50 Å². The fourth-order valence-corrected chi connectivity index (χ4v) is 7.46. The average molecular weight is 803 g/mol. The summed E-state index contributed by atoms with van der Waals surface area (Å²) >= 11 is 0. The highest BCUT2D eigenvalue weighted by atomic mass is 32.2. The molecule has 0 saturated heterocycles. The van der Waals surface area contributed by atoms with E-state index < -0.39 is 45.9 Å². The van der Waals surface area contributed by atoms with Crippen LogP contribution in [0.4, 0.5) is 34.1 Å². The van der Waals surface area contributed by atoms with Gasteiger partial charge in [0, 0.05) is 33.9 Å². The molecule has 6 aromatic carbocycles. The van der Waals surface area contributed by atoms with Crippen molar-refractivity contribution in [1.82, 2.24) is 0 Å². The van der Waals surface area contributed by atoms with Crippen LogP contribution in [0.1, 0.15) is 5.56 Å². The number of nitrogens with zero attached hydrogens (tertiary/aromatic N) is 5. The normalized spacial score (nSPS) is 12.3. The van der Waals surface area contributed by atoms with Crippen molar-refractivity contribution in [3.05, 3.63) is 143 Å². The summed E-state index contributed by atoms with van der Waals surface area (Å²) in [5, 5.41) is 30.1. The molecule has 0 heterocycles. The number of nitrogens with one attached hydrogen (secondary N) is 1. The average Bonchev–Trinajstić information content (AvgIpc) is 3.14. The third kappa shape index (κ3) is 9.13. The highest BCUT2D eigenvalue weighted by Gasteiger charge is 2.22. The van der Waals surface area contributed by atoms with E-state index in [1.165, 1.54) is 72.8 Å². The smallest absolute Gasteiger partial charge is 0.360 e. The molecule has 0 saturated carbocycles. The summed E-state index contributed by atoms with van der Waals surface area (Å²) in [7, 11) is -13.4. The molecule has 0 fully saturated rings. The summed E-state index contributed by atoms with van der Waals surface area (Å²) in [5.41, 5.74) is 1.46. The number of benzene rings is 6. The van der Waals surface area contributed by atoms with Crippen molar-refractivity contribution in [2.75, 3.05) is 5.32 Å². The van der Waals surface area contributed by atoms with Crippen molar-refractivity contribution in [1.29, 1.82) is 0 Å². The van der Waals surface area contributed by atoms with E-state index in [2.05, 4.69) is 25.9 Å². The Bertz CT molecular complexity index is 2820.